The van der Waals surface area contributed by atoms with Gasteiger partial charge in [0.25, 0.3) is 12.3 Å². The first kappa shape index (κ1) is 24.4. The monoisotopic (exact) mass is 477 g/mol. The van der Waals surface area contributed by atoms with Crippen LogP contribution in [0, 0.1) is 18.2 Å². The first-order valence-electron chi connectivity index (χ1n) is 9.84. The van der Waals surface area contributed by atoms with Gasteiger partial charge < -0.3 is 15.8 Å². The Morgan fingerprint density at radius 1 is 1.33 bits per heavy atom. The van der Waals surface area contributed by atoms with Crippen LogP contribution in [0.5, 0.6) is 5.88 Å². The van der Waals surface area contributed by atoms with Gasteiger partial charge in [0.05, 0.1) is 22.7 Å². The molecule has 3 rings (SSSR count). The average molecular weight is 478 g/mol. The minimum atomic E-state index is -2.70. The third-order valence-electron chi connectivity index (χ3n) is 5.05. The number of amides is 1. The van der Waals surface area contributed by atoms with Gasteiger partial charge in [0, 0.05) is 11.3 Å². The van der Waals surface area contributed by atoms with Gasteiger partial charge in [0.1, 0.15) is 11.5 Å². The molecule has 7 nitrogen and oxygen atoms in total. The van der Waals surface area contributed by atoms with Gasteiger partial charge in [0.15, 0.2) is 11.3 Å². The van der Waals surface area contributed by atoms with Crippen LogP contribution in [0.25, 0.3) is 0 Å². The van der Waals surface area contributed by atoms with E-state index < -0.39 is 34.5 Å². The van der Waals surface area contributed by atoms with E-state index in [1.165, 1.54) is 38.4 Å². The summed E-state index contributed by atoms with van der Waals surface area (Å²) < 4.78 is 45.9. The maximum absolute atomic E-state index is 14.8. The largest absolute Gasteiger partial charge is 0.460 e. The van der Waals surface area contributed by atoms with E-state index in [1.807, 2.05) is 0 Å². The van der Waals surface area contributed by atoms with E-state index in [0.29, 0.717) is 0 Å². The van der Waals surface area contributed by atoms with Gasteiger partial charge in [-0.2, -0.15) is 0 Å². The summed E-state index contributed by atoms with van der Waals surface area (Å²) in [6, 6.07) is 3.83. The summed E-state index contributed by atoms with van der Waals surface area (Å²) in [6.07, 6.45) is 4.33. The van der Waals surface area contributed by atoms with Crippen molar-refractivity contribution < 1.29 is 22.7 Å². The summed E-state index contributed by atoms with van der Waals surface area (Å²) in [6.45, 7) is 4.55. The number of nitrogens with two attached hydrogens (primary N) is 1. The SMILES string of the molecule is C#C[C@H](C)Oc1cnc(C(=O)Nc2ccc(F)c([C@]3(C)C[C@](C)(C(F)F)SC(N)=N3)c2)cn1. The van der Waals surface area contributed by atoms with Crippen LogP contribution in [-0.2, 0) is 5.54 Å². The van der Waals surface area contributed by atoms with Crippen molar-refractivity contribution in [1.82, 2.24) is 9.97 Å². The molecule has 0 radical (unpaired) electrons. The van der Waals surface area contributed by atoms with E-state index in [0.717, 1.165) is 17.8 Å². The van der Waals surface area contributed by atoms with Gasteiger partial charge in [-0.05, 0) is 45.4 Å². The molecule has 1 amide bonds. The van der Waals surface area contributed by atoms with Crippen molar-refractivity contribution in [3.05, 3.63) is 47.7 Å². The second kappa shape index (κ2) is 9.31. The summed E-state index contributed by atoms with van der Waals surface area (Å²) in [7, 11) is 0. The van der Waals surface area contributed by atoms with Crippen molar-refractivity contribution in [3.8, 4) is 18.2 Å². The Morgan fingerprint density at radius 2 is 2.06 bits per heavy atom. The second-order valence-electron chi connectivity index (χ2n) is 7.93. The Morgan fingerprint density at radius 3 is 2.67 bits per heavy atom. The van der Waals surface area contributed by atoms with Crippen LogP contribution in [0.3, 0.4) is 0 Å². The molecule has 1 aliphatic rings. The standard InChI is InChI=1S/C22H22F3N5O2S/c1-5-12(2)32-17-10-27-16(9-28-17)18(31)29-13-6-7-15(23)14(8-13)21(3)11-22(4,19(24)25)33-20(26)30-21/h1,6-10,12,19H,11H2,2-4H3,(H2,26,30)(H,29,31)/t12-,21-,22+/m0/s1. The Balaban J connectivity index is 1.84. The molecule has 0 saturated carbocycles. The van der Waals surface area contributed by atoms with Crippen molar-refractivity contribution in [1.29, 1.82) is 0 Å². The third-order valence-corrected chi connectivity index (χ3v) is 6.14. The Hall–Kier alpha value is -3.26. The lowest BCUT2D eigenvalue weighted by molar-refractivity contribution is 0.0893. The summed E-state index contributed by atoms with van der Waals surface area (Å²) in [4.78, 5) is 24.8. The van der Waals surface area contributed by atoms with Crippen molar-refractivity contribution in [3.63, 3.8) is 0 Å². The number of aliphatic imine (C=N–C) groups is 1. The van der Waals surface area contributed by atoms with Crippen LogP contribution in [0.4, 0.5) is 18.9 Å². The molecule has 0 fully saturated rings. The molecule has 3 atom stereocenters. The molecule has 0 aliphatic carbocycles. The zero-order valence-electron chi connectivity index (χ0n) is 18.1. The summed E-state index contributed by atoms with van der Waals surface area (Å²) in [5, 5.41) is 2.54. The first-order valence-corrected chi connectivity index (χ1v) is 10.7. The van der Waals surface area contributed by atoms with Crippen LogP contribution in [0.1, 0.15) is 43.2 Å². The molecule has 0 bridgehead atoms. The molecule has 11 heteroatoms. The number of carbonyl (C=O) groups is 1. The van der Waals surface area contributed by atoms with E-state index in [9.17, 15) is 18.0 Å². The number of aromatic nitrogens is 2. The number of carbonyl (C=O) groups excluding carboxylic acids is 1. The molecule has 1 aliphatic heterocycles. The van der Waals surface area contributed by atoms with Gasteiger partial charge in [-0.3, -0.25) is 9.79 Å². The van der Waals surface area contributed by atoms with Crippen molar-refractivity contribution in [2.24, 2.45) is 10.7 Å². The van der Waals surface area contributed by atoms with Crippen LogP contribution >= 0.6 is 11.8 Å². The minimum Gasteiger partial charge on any atom is -0.460 e. The number of terminal acetylenes is 1. The molecule has 174 valence electrons. The molecular weight excluding hydrogens is 455 g/mol. The zero-order valence-corrected chi connectivity index (χ0v) is 18.9. The Labute approximate surface area is 193 Å². The van der Waals surface area contributed by atoms with E-state index in [1.54, 1.807) is 6.92 Å². The predicted molar refractivity (Wildman–Crippen MR) is 121 cm³/mol. The molecule has 1 aromatic carbocycles. The lowest BCUT2D eigenvalue weighted by atomic mass is 9.83. The number of rotatable bonds is 6. The number of thioether (sulfide) groups is 1. The third kappa shape index (κ3) is 5.39. The van der Waals surface area contributed by atoms with Gasteiger partial charge >= 0.3 is 0 Å². The fraction of sp³-hybridized carbons (Fsp3) is 0.364. The molecular formula is C22H22F3N5O2S. The number of halogens is 3. The second-order valence-corrected chi connectivity index (χ2v) is 9.49. The van der Waals surface area contributed by atoms with Gasteiger partial charge in [0.2, 0.25) is 5.88 Å². The van der Waals surface area contributed by atoms with Crippen LogP contribution in [0.15, 0.2) is 35.6 Å². The minimum absolute atomic E-state index is 0.0191. The molecule has 1 aromatic heterocycles. The average Bonchev–Trinajstić information content (AvgIpc) is 2.74. The topological polar surface area (TPSA) is 102 Å². The molecule has 0 saturated heterocycles. The summed E-state index contributed by atoms with van der Waals surface area (Å²) in [5.74, 6) is 1.27. The van der Waals surface area contributed by atoms with E-state index >= 15 is 0 Å². The lowest BCUT2D eigenvalue weighted by Crippen LogP contribution is -2.44. The molecule has 2 aromatic rings. The van der Waals surface area contributed by atoms with Crippen molar-refractivity contribution >= 4 is 28.5 Å². The number of benzene rings is 1. The number of anilines is 1. The number of hydrogen-bond acceptors (Lipinski definition) is 7. The summed E-state index contributed by atoms with van der Waals surface area (Å²) >= 11 is 0.767. The molecule has 33 heavy (non-hydrogen) atoms. The van der Waals surface area contributed by atoms with Gasteiger partial charge in [-0.1, -0.05) is 17.7 Å². The normalized spacial score (nSPS) is 23.4. The number of alkyl halides is 2. The smallest absolute Gasteiger partial charge is 0.275 e. The van der Waals surface area contributed by atoms with Crippen LogP contribution in [0.2, 0.25) is 0 Å². The highest BCUT2D eigenvalue weighted by Crippen LogP contribution is 2.48. The van der Waals surface area contributed by atoms with Gasteiger partial charge in [-0.25, -0.2) is 23.1 Å². The number of nitrogens with one attached hydrogen (secondary N) is 1. The maximum atomic E-state index is 14.8. The quantitative estimate of drug-likeness (QED) is 0.611. The molecule has 2 heterocycles. The molecule has 3 N–H and O–H groups in total. The lowest BCUT2D eigenvalue weighted by Gasteiger charge is -2.40. The fourth-order valence-electron chi connectivity index (χ4n) is 3.46. The van der Waals surface area contributed by atoms with Crippen molar-refractivity contribution in [2.75, 3.05) is 5.32 Å². The Bertz CT molecular complexity index is 1120. The van der Waals surface area contributed by atoms with Crippen LogP contribution < -0.4 is 15.8 Å². The highest BCUT2D eigenvalue weighted by Gasteiger charge is 2.48. The van der Waals surface area contributed by atoms with E-state index in [2.05, 4.69) is 26.2 Å². The van der Waals surface area contributed by atoms with Gasteiger partial charge in [-0.15, -0.1) is 6.42 Å². The van der Waals surface area contributed by atoms with E-state index in [4.69, 9.17) is 16.9 Å². The summed E-state index contributed by atoms with van der Waals surface area (Å²) in [5.41, 5.74) is 4.70. The maximum Gasteiger partial charge on any atom is 0.275 e. The van der Waals surface area contributed by atoms with Crippen LogP contribution in [-0.4, -0.2) is 38.3 Å². The highest BCUT2D eigenvalue weighted by molar-refractivity contribution is 8.15. The van der Waals surface area contributed by atoms with E-state index in [-0.39, 0.29) is 34.4 Å². The van der Waals surface area contributed by atoms with Crippen molar-refractivity contribution in [2.45, 2.75) is 50.0 Å². The number of amidine groups is 1. The number of hydrogen-bond donors (Lipinski definition) is 2. The highest BCUT2D eigenvalue weighted by atomic mass is 32.2. The Kier molecular flexibility index (Phi) is 6.88. The molecule has 0 unspecified atom stereocenters. The first-order chi connectivity index (χ1) is 15.5. The number of ether oxygens (including phenoxy) is 1. The predicted octanol–water partition coefficient (Wildman–Crippen LogP) is 3.96. The molecule has 0 spiro atoms. The number of nitrogens with zero attached hydrogens (tertiary/aromatic N) is 3. The zero-order chi connectivity index (χ0) is 24.4. The fourth-order valence-corrected chi connectivity index (χ4v) is 4.63.